The highest BCUT2D eigenvalue weighted by Crippen LogP contribution is 2.47. The van der Waals surface area contributed by atoms with Crippen molar-refractivity contribution in [1.29, 1.82) is 0 Å². The monoisotopic (exact) mass is 534 g/mol. The van der Waals surface area contributed by atoms with Crippen LogP contribution in [0.5, 0.6) is 0 Å². The third-order valence-corrected chi connectivity index (χ3v) is 8.94. The first-order valence-electron chi connectivity index (χ1n) is 14.7. The molecule has 0 radical (unpaired) electrons. The molecule has 0 unspecified atom stereocenters. The van der Waals surface area contributed by atoms with Crippen molar-refractivity contribution in [3.63, 3.8) is 0 Å². The van der Waals surface area contributed by atoms with E-state index in [4.69, 9.17) is 0 Å². The lowest BCUT2D eigenvalue weighted by Crippen LogP contribution is -1.96. The zero-order chi connectivity index (χ0) is 28.2. The SMILES string of the molecule is Cc1ccc2c(ccc3ccccc32)c1-c1cccc(-c2ccccc2)c1-c1c(C)ccc2c1ccc1ccccc12. The third-order valence-electron chi connectivity index (χ3n) is 8.94. The summed E-state index contributed by atoms with van der Waals surface area (Å²) in [7, 11) is 0. The Kier molecular flexibility index (Phi) is 5.69. The Labute approximate surface area is 246 Å². The lowest BCUT2D eigenvalue weighted by Gasteiger charge is -2.22. The number of fused-ring (bicyclic) bond motifs is 6. The molecule has 198 valence electrons. The van der Waals surface area contributed by atoms with E-state index in [2.05, 4.69) is 159 Å². The molecule has 0 atom stereocenters. The number of benzene rings is 8. The second kappa shape index (κ2) is 9.72. The molecule has 8 aromatic rings. The number of hydrogen-bond donors (Lipinski definition) is 0. The maximum atomic E-state index is 2.33. The highest BCUT2D eigenvalue weighted by atomic mass is 14.2. The summed E-state index contributed by atoms with van der Waals surface area (Å²) in [6.45, 7) is 4.52. The van der Waals surface area contributed by atoms with E-state index in [1.165, 1.54) is 87.6 Å². The molecule has 0 aromatic heterocycles. The van der Waals surface area contributed by atoms with Crippen LogP contribution >= 0.6 is 0 Å². The van der Waals surface area contributed by atoms with Crippen LogP contribution in [0.15, 0.2) is 146 Å². The van der Waals surface area contributed by atoms with Crippen molar-refractivity contribution in [2.45, 2.75) is 13.8 Å². The summed E-state index contributed by atoms with van der Waals surface area (Å²) in [6, 6.07) is 53.6. The fourth-order valence-corrected chi connectivity index (χ4v) is 6.97. The number of hydrogen-bond acceptors (Lipinski definition) is 0. The topological polar surface area (TPSA) is 0 Å². The van der Waals surface area contributed by atoms with E-state index in [9.17, 15) is 0 Å². The second-order valence-corrected chi connectivity index (χ2v) is 11.4. The van der Waals surface area contributed by atoms with Crippen molar-refractivity contribution in [1.82, 2.24) is 0 Å². The third kappa shape index (κ3) is 3.76. The Morgan fingerprint density at radius 1 is 0.286 bits per heavy atom. The van der Waals surface area contributed by atoms with Gasteiger partial charge in [0, 0.05) is 0 Å². The van der Waals surface area contributed by atoms with E-state index in [-0.39, 0.29) is 0 Å². The largest absolute Gasteiger partial charge is 0.0622 e. The lowest BCUT2D eigenvalue weighted by atomic mass is 9.81. The minimum atomic E-state index is 1.23. The van der Waals surface area contributed by atoms with Gasteiger partial charge in [0.25, 0.3) is 0 Å². The predicted molar refractivity (Wildman–Crippen MR) is 182 cm³/mol. The van der Waals surface area contributed by atoms with E-state index in [0.29, 0.717) is 0 Å². The van der Waals surface area contributed by atoms with Crippen LogP contribution in [0.1, 0.15) is 11.1 Å². The molecule has 8 aromatic carbocycles. The fraction of sp³-hybridized carbons (Fsp3) is 0.0476. The maximum absolute atomic E-state index is 2.33. The van der Waals surface area contributed by atoms with Gasteiger partial charge in [0.2, 0.25) is 0 Å². The normalized spacial score (nSPS) is 11.6. The first-order chi connectivity index (χ1) is 20.7. The van der Waals surface area contributed by atoms with Gasteiger partial charge >= 0.3 is 0 Å². The molecular weight excluding hydrogens is 504 g/mol. The first-order valence-corrected chi connectivity index (χ1v) is 14.7. The summed E-state index contributed by atoms with van der Waals surface area (Å²) in [5.74, 6) is 0. The Morgan fingerprint density at radius 3 is 1.43 bits per heavy atom. The molecule has 0 heterocycles. The summed E-state index contributed by atoms with van der Waals surface area (Å²) >= 11 is 0. The van der Waals surface area contributed by atoms with Crippen molar-refractivity contribution in [3.8, 4) is 33.4 Å². The zero-order valence-electron chi connectivity index (χ0n) is 23.9. The maximum Gasteiger partial charge on any atom is -0.00176 e. The van der Waals surface area contributed by atoms with Gasteiger partial charge in [-0.25, -0.2) is 0 Å². The summed E-state index contributed by atoms with van der Waals surface area (Å²) in [6.07, 6.45) is 0. The van der Waals surface area contributed by atoms with Gasteiger partial charge in [0.1, 0.15) is 0 Å². The number of rotatable bonds is 3. The molecule has 8 rings (SSSR count). The van der Waals surface area contributed by atoms with Crippen LogP contribution < -0.4 is 0 Å². The van der Waals surface area contributed by atoms with E-state index < -0.39 is 0 Å². The first kappa shape index (κ1) is 24.6. The predicted octanol–water partition coefficient (Wildman–Crippen LogP) is 11.9. The van der Waals surface area contributed by atoms with Crippen LogP contribution in [-0.4, -0.2) is 0 Å². The molecule has 0 bridgehead atoms. The molecule has 0 fully saturated rings. The zero-order valence-corrected chi connectivity index (χ0v) is 23.9. The van der Waals surface area contributed by atoms with Crippen molar-refractivity contribution < 1.29 is 0 Å². The van der Waals surface area contributed by atoms with Crippen molar-refractivity contribution in [2.24, 2.45) is 0 Å². The molecule has 0 aliphatic carbocycles. The van der Waals surface area contributed by atoms with E-state index in [1.807, 2.05) is 0 Å². The summed E-state index contributed by atoms with van der Waals surface area (Å²) in [5.41, 5.74) is 10.2. The Balaban J connectivity index is 1.55. The highest BCUT2D eigenvalue weighted by molar-refractivity contribution is 6.18. The van der Waals surface area contributed by atoms with Gasteiger partial charge < -0.3 is 0 Å². The fourth-order valence-electron chi connectivity index (χ4n) is 6.97. The minimum Gasteiger partial charge on any atom is -0.0622 e. The Hall–Kier alpha value is -5.20. The minimum absolute atomic E-state index is 1.23. The molecule has 0 saturated carbocycles. The molecule has 0 amide bonds. The van der Waals surface area contributed by atoms with Gasteiger partial charge in [-0.15, -0.1) is 0 Å². The van der Waals surface area contributed by atoms with Gasteiger partial charge in [0.15, 0.2) is 0 Å². The van der Waals surface area contributed by atoms with Crippen LogP contribution in [-0.2, 0) is 0 Å². The van der Waals surface area contributed by atoms with Crippen molar-refractivity contribution >= 4 is 43.1 Å². The van der Waals surface area contributed by atoms with E-state index in [1.54, 1.807) is 0 Å². The van der Waals surface area contributed by atoms with E-state index in [0.717, 1.165) is 0 Å². The molecule has 0 heteroatoms. The molecular formula is C42H30. The molecule has 42 heavy (non-hydrogen) atoms. The summed E-state index contributed by atoms with van der Waals surface area (Å²) < 4.78 is 0. The smallest absolute Gasteiger partial charge is 0.00176 e. The average Bonchev–Trinajstić information content (AvgIpc) is 3.04. The van der Waals surface area contributed by atoms with Gasteiger partial charge in [-0.3, -0.25) is 0 Å². The molecule has 0 aliphatic heterocycles. The van der Waals surface area contributed by atoms with E-state index >= 15 is 0 Å². The quantitative estimate of drug-likeness (QED) is 0.198. The van der Waals surface area contributed by atoms with Crippen LogP contribution in [0, 0.1) is 13.8 Å². The molecule has 0 nitrogen and oxygen atoms in total. The van der Waals surface area contributed by atoms with Crippen molar-refractivity contribution in [2.75, 3.05) is 0 Å². The van der Waals surface area contributed by atoms with Gasteiger partial charge in [-0.1, -0.05) is 146 Å². The Morgan fingerprint density at radius 2 is 0.786 bits per heavy atom. The standard InChI is InChI=1S/C42H30/c1-27-19-23-35-32-15-8-6-13-30(32)21-25-37(35)40(27)39-18-10-17-34(29-11-4-3-5-12-29)42(39)41-28(2)20-24-36-33-16-9-7-14-31(33)22-26-38(36)41/h3-26H,1-2H3. The lowest BCUT2D eigenvalue weighted by molar-refractivity contribution is 1.46. The molecule has 0 N–H and O–H groups in total. The van der Waals surface area contributed by atoms with Gasteiger partial charge in [-0.2, -0.15) is 0 Å². The number of aryl methyl sites for hydroxylation is 2. The average molecular weight is 535 g/mol. The summed E-state index contributed by atoms with van der Waals surface area (Å²) in [5, 5.41) is 10.3. The van der Waals surface area contributed by atoms with Crippen LogP contribution in [0.3, 0.4) is 0 Å². The van der Waals surface area contributed by atoms with Gasteiger partial charge in [0.05, 0.1) is 0 Å². The van der Waals surface area contributed by atoms with Crippen LogP contribution in [0.25, 0.3) is 76.5 Å². The van der Waals surface area contributed by atoms with Crippen molar-refractivity contribution in [3.05, 3.63) is 157 Å². The van der Waals surface area contributed by atoms with Gasteiger partial charge in [-0.05, 0) is 101 Å². The highest BCUT2D eigenvalue weighted by Gasteiger charge is 2.21. The molecule has 0 aliphatic rings. The molecule has 0 spiro atoms. The summed E-state index contributed by atoms with van der Waals surface area (Å²) in [4.78, 5) is 0. The Bertz CT molecular complexity index is 2300. The van der Waals surface area contributed by atoms with Crippen LogP contribution in [0.4, 0.5) is 0 Å². The molecule has 0 saturated heterocycles. The van der Waals surface area contributed by atoms with Crippen LogP contribution in [0.2, 0.25) is 0 Å². The second-order valence-electron chi connectivity index (χ2n) is 11.4.